The molecule has 1 aromatic carbocycles. The molecule has 0 heterocycles. The zero-order valence-corrected chi connectivity index (χ0v) is 18.9. The Hall–Kier alpha value is -1.47. The van der Waals surface area contributed by atoms with Crippen molar-refractivity contribution < 1.29 is 14.7 Å². The number of benzene rings is 1. The lowest BCUT2D eigenvalue weighted by molar-refractivity contribution is -0.112. The molecule has 3 nitrogen and oxygen atoms in total. The van der Waals surface area contributed by atoms with Gasteiger partial charge in [-0.05, 0) is 26.2 Å². The number of fused-ring (bicyclic) bond motifs is 1. The highest BCUT2D eigenvalue weighted by Crippen LogP contribution is 2.67. The fourth-order valence-corrected chi connectivity index (χ4v) is 9.84. The smallest absolute Gasteiger partial charge is 0.237 e. The number of hydrogen-bond acceptors (Lipinski definition) is 3. The molecule has 1 unspecified atom stereocenters. The van der Waals surface area contributed by atoms with Crippen LogP contribution in [0.1, 0.15) is 82.1 Å². The number of hydrogen-bond donors (Lipinski definition) is 1. The van der Waals surface area contributed by atoms with E-state index in [-0.39, 0.29) is 11.4 Å². The fraction of sp³-hybridized carbons (Fsp3) is 0.583. The number of allylic oxidation sites excluding steroid dienone is 1. The van der Waals surface area contributed by atoms with E-state index >= 15 is 0 Å². The Morgan fingerprint density at radius 2 is 1.29 bits per heavy atom. The third kappa shape index (κ3) is 4.57. The number of rotatable bonds is 11. The largest absolute Gasteiger partial charge is 0.507 e. The number of aliphatic hydroxyl groups excluding tert-OH is 1. The summed E-state index contributed by atoms with van der Waals surface area (Å²) in [6.07, 6.45) is 10.3. The molecule has 1 aromatic rings. The lowest BCUT2D eigenvalue weighted by atomic mass is 9.87. The summed E-state index contributed by atoms with van der Waals surface area (Å²) < 4.78 is 0. The van der Waals surface area contributed by atoms with Crippen molar-refractivity contribution in [3.63, 3.8) is 0 Å². The van der Waals surface area contributed by atoms with E-state index in [1.807, 2.05) is 6.07 Å². The molecular weight excluding hydrogens is 367 g/mol. The zero-order chi connectivity index (χ0) is 20.7. The van der Waals surface area contributed by atoms with Crippen molar-refractivity contribution in [3.8, 4) is 0 Å². The van der Waals surface area contributed by atoms with Crippen LogP contribution in [0, 0.1) is 0 Å². The highest BCUT2D eigenvalue weighted by Gasteiger charge is 2.48. The monoisotopic (exact) mass is 403 g/mol. The maximum atomic E-state index is 13.1. The molecular formula is C24H36O3P+. The van der Waals surface area contributed by atoms with Crippen molar-refractivity contribution in [2.24, 2.45) is 0 Å². The first-order valence-corrected chi connectivity index (χ1v) is 13.3. The molecule has 1 N–H and O–H groups in total. The predicted molar refractivity (Wildman–Crippen MR) is 121 cm³/mol. The van der Waals surface area contributed by atoms with Crippen LogP contribution in [0.4, 0.5) is 0 Å². The first kappa shape index (κ1) is 22.8. The number of aliphatic hydroxyl groups is 1. The van der Waals surface area contributed by atoms with Crippen molar-refractivity contribution in [2.75, 3.05) is 18.5 Å². The van der Waals surface area contributed by atoms with Gasteiger partial charge in [-0.25, -0.2) is 0 Å². The summed E-state index contributed by atoms with van der Waals surface area (Å²) in [6, 6.07) is 6.95. The van der Waals surface area contributed by atoms with Gasteiger partial charge in [0.2, 0.25) is 11.6 Å². The minimum absolute atomic E-state index is 0.0260. The molecule has 0 aromatic heterocycles. The van der Waals surface area contributed by atoms with Gasteiger partial charge in [0.25, 0.3) is 0 Å². The number of Topliss-reactive ketones (excluding diaryl/α,β-unsaturated/α-hetero) is 2. The lowest BCUT2D eigenvalue weighted by Gasteiger charge is -2.35. The van der Waals surface area contributed by atoms with Crippen LogP contribution < -0.4 is 0 Å². The van der Waals surface area contributed by atoms with Crippen molar-refractivity contribution in [1.82, 2.24) is 0 Å². The normalized spacial score (nSPS) is 15.7. The van der Waals surface area contributed by atoms with Gasteiger partial charge >= 0.3 is 0 Å². The summed E-state index contributed by atoms with van der Waals surface area (Å²) in [7, 11) is -1.51. The van der Waals surface area contributed by atoms with Crippen molar-refractivity contribution in [1.29, 1.82) is 0 Å². The molecule has 0 bridgehead atoms. The Morgan fingerprint density at radius 1 is 0.821 bits per heavy atom. The fourth-order valence-electron chi connectivity index (χ4n) is 4.38. The van der Waals surface area contributed by atoms with E-state index in [1.54, 1.807) is 18.2 Å². The Bertz CT molecular complexity index is 713. The third-order valence-electron chi connectivity index (χ3n) is 6.24. The van der Waals surface area contributed by atoms with Gasteiger partial charge in [-0.15, -0.1) is 0 Å². The van der Waals surface area contributed by atoms with E-state index in [4.69, 9.17) is 0 Å². The molecule has 154 valence electrons. The minimum Gasteiger partial charge on any atom is -0.507 e. The average molecular weight is 404 g/mol. The summed E-state index contributed by atoms with van der Waals surface area (Å²) in [4.78, 5) is 25.8. The van der Waals surface area contributed by atoms with Crippen LogP contribution in [0.5, 0.6) is 0 Å². The molecule has 0 amide bonds. The minimum atomic E-state index is -1.51. The van der Waals surface area contributed by atoms with E-state index in [0.717, 1.165) is 57.0 Å². The third-order valence-corrected chi connectivity index (χ3v) is 11.8. The molecule has 0 radical (unpaired) electrons. The van der Waals surface area contributed by atoms with Gasteiger partial charge in [0.15, 0.2) is 0 Å². The standard InChI is InChI=1S/C24H35O3P/c1-5-8-15-28(16-9-6-2,17-10-7-3)18(4)21-22(25)19-13-11-12-14-20(19)23(26)24(21)27/h11-14,18H,5-10,15-17H2,1-4H3/p+1. The van der Waals surface area contributed by atoms with Crippen molar-refractivity contribution >= 4 is 24.6 Å². The van der Waals surface area contributed by atoms with Gasteiger partial charge in [-0.2, -0.15) is 0 Å². The molecule has 0 aliphatic heterocycles. The van der Waals surface area contributed by atoms with E-state index in [2.05, 4.69) is 27.7 Å². The maximum absolute atomic E-state index is 13.1. The van der Waals surface area contributed by atoms with Gasteiger partial charge in [-0.3, -0.25) is 9.59 Å². The Balaban J connectivity index is 2.55. The van der Waals surface area contributed by atoms with Gasteiger partial charge in [-0.1, -0.05) is 64.3 Å². The zero-order valence-electron chi connectivity index (χ0n) is 18.0. The quantitative estimate of drug-likeness (QED) is 0.338. The Kier molecular flexibility index (Phi) is 8.43. The van der Waals surface area contributed by atoms with Crippen LogP contribution in [-0.2, 0) is 4.79 Å². The van der Waals surface area contributed by atoms with Crippen LogP contribution in [0.2, 0.25) is 0 Å². The van der Waals surface area contributed by atoms with Gasteiger partial charge in [0, 0.05) is 18.4 Å². The SMILES string of the molecule is CCCC[P+](CCCC)(CCCC)C(C)C1=C(O)c2ccccc2C(=O)C1=O. The van der Waals surface area contributed by atoms with Gasteiger partial charge < -0.3 is 5.11 Å². The van der Waals surface area contributed by atoms with Crippen molar-refractivity contribution in [2.45, 2.75) is 71.9 Å². The second-order valence-corrected chi connectivity index (χ2v) is 12.6. The average Bonchev–Trinajstić information content (AvgIpc) is 2.72. The van der Waals surface area contributed by atoms with Crippen LogP contribution >= 0.6 is 7.26 Å². The highest BCUT2D eigenvalue weighted by atomic mass is 31.2. The van der Waals surface area contributed by atoms with Gasteiger partial charge in [0.05, 0.1) is 29.7 Å². The highest BCUT2D eigenvalue weighted by molar-refractivity contribution is 7.76. The van der Waals surface area contributed by atoms with Crippen LogP contribution in [0.3, 0.4) is 0 Å². The van der Waals surface area contributed by atoms with E-state index in [0.29, 0.717) is 16.7 Å². The van der Waals surface area contributed by atoms with Crippen molar-refractivity contribution in [3.05, 3.63) is 41.0 Å². The summed E-state index contributed by atoms with van der Waals surface area (Å²) in [6.45, 7) is 8.74. The Labute approximate surface area is 171 Å². The van der Waals surface area contributed by atoms with Crippen LogP contribution in [-0.4, -0.2) is 40.8 Å². The lowest BCUT2D eigenvalue weighted by Crippen LogP contribution is -2.33. The summed E-state index contributed by atoms with van der Waals surface area (Å²) in [5.74, 6) is -0.908. The van der Waals surface area contributed by atoms with Gasteiger partial charge in [0.1, 0.15) is 5.76 Å². The molecule has 28 heavy (non-hydrogen) atoms. The molecule has 1 aliphatic rings. The number of carbonyl (C=O) groups is 2. The second-order valence-electron chi connectivity index (χ2n) is 8.09. The molecule has 0 spiro atoms. The molecule has 1 atom stereocenters. The summed E-state index contributed by atoms with van der Waals surface area (Å²) in [5, 5.41) is 11.0. The van der Waals surface area contributed by atoms with Crippen LogP contribution in [0.25, 0.3) is 5.76 Å². The Morgan fingerprint density at radius 3 is 1.75 bits per heavy atom. The van der Waals surface area contributed by atoms with Crippen LogP contribution in [0.15, 0.2) is 29.8 Å². The maximum Gasteiger partial charge on any atom is 0.237 e. The summed E-state index contributed by atoms with van der Waals surface area (Å²) >= 11 is 0. The predicted octanol–water partition coefficient (Wildman–Crippen LogP) is 6.53. The topological polar surface area (TPSA) is 54.4 Å². The number of carbonyl (C=O) groups excluding carboxylic acids is 2. The number of unbranched alkanes of at least 4 members (excludes halogenated alkanes) is 3. The molecule has 2 rings (SSSR count). The van der Waals surface area contributed by atoms with E-state index < -0.39 is 18.8 Å². The number of ketones is 2. The summed E-state index contributed by atoms with van der Waals surface area (Å²) in [5.41, 5.74) is 1.22. The molecule has 1 aliphatic carbocycles. The van der Waals surface area contributed by atoms with E-state index in [1.165, 1.54) is 0 Å². The van der Waals surface area contributed by atoms with E-state index in [9.17, 15) is 14.7 Å². The molecule has 0 fully saturated rings. The molecule has 4 heteroatoms. The molecule has 0 saturated heterocycles. The first-order valence-electron chi connectivity index (χ1n) is 10.9. The molecule has 0 saturated carbocycles. The first-order chi connectivity index (χ1) is 13.4. The second kappa shape index (κ2) is 10.3.